The zero-order valence-corrected chi connectivity index (χ0v) is 16.2. The Bertz CT molecular complexity index is 939. The number of hydrogen-bond donors (Lipinski definition) is 1. The first kappa shape index (κ1) is 18.8. The van der Waals surface area contributed by atoms with E-state index in [1.54, 1.807) is 12.1 Å². The Morgan fingerprint density at radius 3 is 2.61 bits per heavy atom. The fraction of sp³-hybridized carbons (Fsp3) is 0.261. The monoisotopic (exact) mass is 395 g/mol. The van der Waals surface area contributed by atoms with Crippen LogP contribution in [0.3, 0.4) is 0 Å². The van der Waals surface area contributed by atoms with Gasteiger partial charge < -0.3 is 10.0 Å². The molecule has 0 unspecified atom stereocenters. The van der Waals surface area contributed by atoms with Crippen molar-refractivity contribution in [2.24, 2.45) is 0 Å². The highest BCUT2D eigenvalue weighted by molar-refractivity contribution is 7.17. The van der Waals surface area contributed by atoms with Gasteiger partial charge in [0.15, 0.2) is 0 Å². The minimum absolute atomic E-state index is 0.0149. The van der Waals surface area contributed by atoms with E-state index >= 15 is 0 Å². The van der Waals surface area contributed by atoms with E-state index in [-0.39, 0.29) is 17.8 Å². The van der Waals surface area contributed by atoms with Crippen LogP contribution in [0, 0.1) is 5.82 Å². The number of amides is 1. The largest absolute Gasteiger partial charge is 0.388 e. The summed E-state index contributed by atoms with van der Waals surface area (Å²) in [6, 6.07) is 19.7. The van der Waals surface area contributed by atoms with Crippen molar-refractivity contribution in [3.63, 3.8) is 0 Å². The molecule has 5 heteroatoms. The molecular formula is C23H22FNO2S. The summed E-state index contributed by atoms with van der Waals surface area (Å²) >= 11 is 1.43. The van der Waals surface area contributed by atoms with Crippen LogP contribution in [0.1, 0.15) is 40.6 Å². The molecule has 28 heavy (non-hydrogen) atoms. The second kappa shape index (κ2) is 8.25. The van der Waals surface area contributed by atoms with Gasteiger partial charge in [-0.15, -0.1) is 11.3 Å². The fourth-order valence-electron chi connectivity index (χ4n) is 3.78. The summed E-state index contributed by atoms with van der Waals surface area (Å²) in [4.78, 5) is 16.6. The standard InChI is InChI=1S/C23H22FNO2S/c24-18-10-8-17(9-11-18)21-12-13-22(28-21)23(27)25-14-4-7-19(25)15-20(26)16-5-2-1-3-6-16/h1-3,5-6,8-13,19-20,26H,4,7,14-15H2/t19-,20-/m0/s1. The lowest BCUT2D eigenvalue weighted by Gasteiger charge is -2.26. The Balaban J connectivity index is 1.47. The summed E-state index contributed by atoms with van der Waals surface area (Å²) in [6.07, 6.45) is 1.84. The smallest absolute Gasteiger partial charge is 0.264 e. The summed E-state index contributed by atoms with van der Waals surface area (Å²) in [5, 5.41) is 10.6. The topological polar surface area (TPSA) is 40.5 Å². The van der Waals surface area contributed by atoms with Gasteiger partial charge in [0.05, 0.1) is 11.0 Å². The van der Waals surface area contributed by atoms with E-state index in [2.05, 4.69) is 0 Å². The van der Waals surface area contributed by atoms with Crippen LogP contribution in [-0.4, -0.2) is 28.5 Å². The highest BCUT2D eigenvalue weighted by Crippen LogP contribution is 2.32. The van der Waals surface area contributed by atoms with Crippen molar-refractivity contribution in [2.75, 3.05) is 6.54 Å². The molecule has 2 heterocycles. The minimum atomic E-state index is -0.572. The highest BCUT2D eigenvalue weighted by Gasteiger charge is 2.32. The van der Waals surface area contributed by atoms with Crippen molar-refractivity contribution in [3.05, 3.63) is 83.0 Å². The molecular weight excluding hydrogens is 373 g/mol. The molecule has 1 aliphatic rings. The molecule has 3 aromatic rings. The maximum Gasteiger partial charge on any atom is 0.264 e. The van der Waals surface area contributed by atoms with Gasteiger partial charge in [-0.05, 0) is 54.7 Å². The van der Waals surface area contributed by atoms with Gasteiger partial charge in [-0.2, -0.15) is 0 Å². The third-order valence-corrected chi connectivity index (χ3v) is 6.39. The first-order chi connectivity index (χ1) is 13.6. The van der Waals surface area contributed by atoms with Crippen LogP contribution >= 0.6 is 11.3 Å². The summed E-state index contributed by atoms with van der Waals surface area (Å²) in [7, 11) is 0. The molecule has 1 aromatic heterocycles. The Morgan fingerprint density at radius 1 is 1.11 bits per heavy atom. The first-order valence-corrected chi connectivity index (χ1v) is 10.3. The van der Waals surface area contributed by atoms with Gasteiger partial charge >= 0.3 is 0 Å². The quantitative estimate of drug-likeness (QED) is 0.638. The number of aliphatic hydroxyl groups excluding tert-OH is 1. The lowest BCUT2D eigenvalue weighted by molar-refractivity contribution is 0.0671. The predicted molar refractivity (Wildman–Crippen MR) is 110 cm³/mol. The Kier molecular flexibility index (Phi) is 5.55. The number of rotatable bonds is 5. The maximum atomic E-state index is 13.1. The minimum Gasteiger partial charge on any atom is -0.388 e. The second-order valence-corrected chi connectivity index (χ2v) is 8.21. The zero-order chi connectivity index (χ0) is 19.5. The van der Waals surface area contributed by atoms with E-state index in [4.69, 9.17) is 0 Å². The van der Waals surface area contributed by atoms with E-state index in [9.17, 15) is 14.3 Å². The summed E-state index contributed by atoms with van der Waals surface area (Å²) in [6.45, 7) is 0.717. The lowest BCUT2D eigenvalue weighted by Crippen LogP contribution is -2.36. The molecule has 2 atom stereocenters. The van der Waals surface area contributed by atoms with E-state index in [0.29, 0.717) is 11.3 Å². The molecule has 2 aromatic carbocycles. The molecule has 0 bridgehead atoms. The Morgan fingerprint density at radius 2 is 1.86 bits per heavy atom. The average Bonchev–Trinajstić information content (AvgIpc) is 3.39. The molecule has 1 saturated heterocycles. The second-order valence-electron chi connectivity index (χ2n) is 7.13. The van der Waals surface area contributed by atoms with Crippen LogP contribution in [0.2, 0.25) is 0 Å². The van der Waals surface area contributed by atoms with E-state index in [1.807, 2.05) is 47.4 Å². The molecule has 0 spiro atoms. The van der Waals surface area contributed by atoms with Crippen molar-refractivity contribution in [1.29, 1.82) is 0 Å². The third kappa shape index (κ3) is 4.01. The number of halogens is 1. The number of aliphatic hydroxyl groups is 1. The van der Waals surface area contributed by atoms with Crippen molar-refractivity contribution in [3.8, 4) is 10.4 Å². The summed E-state index contributed by atoms with van der Waals surface area (Å²) in [5.41, 5.74) is 1.79. The number of hydrogen-bond acceptors (Lipinski definition) is 3. The normalized spacial score (nSPS) is 17.6. The third-order valence-electron chi connectivity index (χ3n) is 5.26. The number of benzene rings is 2. The first-order valence-electron chi connectivity index (χ1n) is 9.51. The zero-order valence-electron chi connectivity index (χ0n) is 15.4. The predicted octanol–water partition coefficient (Wildman–Crippen LogP) is 5.28. The van der Waals surface area contributed by atoms with Crippen LogP contribution in [0.4, 0.5) is 4.39 Å². The lowest BCUT2D eigenvalue weighted by atomic mass is 10.0. The number of carbonyl (C=O) groups excluding carboxylic acids is 1. The van der Waals surface area contributed by atoms with Crippen molar-refractivity contribution in [2.45, 2.75) is 31.4 Å². The van der Waals surface area contributed by atoms with Crippen LogP contribution in [0.15, 0.2) is 66.7 Å². The van der Waals surface area contributed by atoms with Crippen LogP contribution in [-0.2, 0) is 0 Å². The molecule has 0 saturated carbocycles. The molecule has 3 nitrogen and oxygen atoms in total. The van der Waals surface area contributed by atoms with Crippen LogP contribution < -0.4 is 0 Å². The van der Waals surface area contributed by atoms with E-state index in [0.717, 1.165) is 35.4 Å². The Hall–Kier alpha value is -2.50. The van der Waals surface area contributed by atoms with Gasteiger partial charge in [-0.1, -0.05) is 42.5 Å². The molecule has 4 rings (SSSR count). The highest BCUT2D eigenvalue weighted by atomic mass is 32.1. The molecule has 1 N–H and O–H groups in total. The van der Waals surface area contributed by atoms with Crippen LogP contribution in [0.25, 0.3) is 10.4 Å². The number of nitrogens with zero attached hydrogens (tertiary/aromatic N) is 1. The molecule has 1 amide bonds. The van der Waals surface area contributed by atoms with Crippen LogP contribution in [0.5, 0.6) is 0 Å². The van der Waals surface area contributed by atoms with Gasteiger partial charge in [0.2, 0.25) is 0 Å². The van der Waals surface area contributed by atoms with Crippen molar-refractivity contribution in [1.82, 2.24) is 4.90 Å². The average molecular weight is 395 g/mol. The maximum absolute atomic E-state index is 13.1. The number of thiophene rings is 1. The molecule has 144 valence electrons. The molecule has 0 aliphatic carbocycles. The van der Waals surface area contributed by atoms with Crippen molar-refractivity contribution < 1.29 is 14.3 Å². The van der Waals surface area contributed by atoms with Crippen molar-refractivity contribution >= 4 is 17.2 Å². The molecule has 0 radical (unpaired) electrons. The van der Waals surface area contributed by atoms with E-state index < -0.39 is 6.10 Å². The molecule has 1 aliphatic heterocycles. The van der Waals surface area contributed by atoms with Gasteiger partial charge in [-0.3, -0.25) is 4.79 Å². The number of carbonyl (C=O) groups is 1. The van der Waals surface area contributed by atoms with Gasteiger partial charge in [0.25, 0.3) is 5.91 Å². The molecule has 1 fully saturated rings. The van der Waals surface area contributed by atoms with E-state index in [1.165, 1.54) is 23.5 Å². The fourth-order valence-corrected chi connectivity index (χ4v) is 4.75. The van der Waals surface area contributed by atoms with Gasteiger partial charge in [0.1, 0.15) is 5.82 Å². The van der Waals surface area contributed by atoms with Gasteiger partial charge in [-0.25, -0.2) is 4.39 Å². The van der Waals surface area contributed by atoms with Gasteiger partial charge in [0, 0.05) is 17.5 Å². The SMILES string of the molecule is O=C(c1ccc(-c2ccc(F)cc2)s1)N1CCC[C@H]1C[C@H](O)c1ccccc1. The Labute approximate surface area is 168 Å². The summed E-state index contributed by atoms with van der Waals surface area (Å²) < 4.78 is 13.1. The summed E-state index contributed by atoms with van der Waals surface area (Å²) in [5.74, 6) is -0.255. The number of likely N-dealkylation sites (tertiary alicyclic amines) is 1.